The maximum atomic E-state index is 13.9. The molecule has 194 valence electrons. The van der Waals surface area contributed by atoms with Crippen LogP contribution in [0.4, 0.5) is 0 Å². The second kappa shape index (κ2) is 10.6. The summed E-state index contributed by atoms with van der Waals surface area (Å²) in [5.74, 6) is -0.306. The average Bonchev–Trinajstić information content (AvgIpc) is 3.13. The number of esters is 1. The molecule has 2 aromatic rings. The summed E-state index contributed by atoms with van der Waals surface area (Å²) in [6, 6.07) is 5.44. The Labute approximate surface area is 210 Å². The van der Waals surface area contributed by atoms with Gasteiger partial charge < -0.3 is 29.0 Å². The fraction of sp³-hybridized carbons (Fsp3) is 0.538. The van der Waals surface area contributed by atoms with E-state index in [0.717, 1.165) is 31.2 Å². The number of benzene rings is 1. The van der Waals surface area contributed by atoms with Crippen LogP contribution in [-0.4, -0.2) is 65.1 Å². The Hall–Kier alpha value is -3.56. The highest BCUT2D eigenvalue weighted by molar-refractivity contribution is 6.06. The largest absolute Gasteiger partial charge is 0.493 e. The summed E-state index contributed by atoms with van der Waals surface area (Å²) < 4.78 is 17.2. The zero-order valence-corrected chi connectivity index (χ0v) is 21.3. The number of imidazole rings is 1. The maximum Gasteiger partial charge on any atom is 0.359 e. The Bertz CT molecular complexity index is 1140. The third-order valence-corrected chi connectivity index (χ3v) is 7.21. The Morgan fingerprint density at radius 3 is 2.42 bits per heavy atom. The normalized spacial score (nSPS) is 20.3. The molecule has 10 nitrogen and oxygen atoms in total. The molecule has 2 amide bonds. The van der Waals surface area contributed by atoms with E-state index in [0.29, 0.717) is 11.5 Å². The number of ether oxygens (including phenoxy) is 3. The number of nitrogens with one attached hydrogen (secondary N) is 1. The number of nitrogens with zero attached hydrogens (tertiary/aromatic N) is 3. The Morgan fingerprint density at radius 1 is 1.08 bits per heavy atom. The Kier molecular flexibility index (Phi) is 7.51. The van der Waals surface area contributed by atoms with Gasteiger partial charge >= 0.3 is 5.97 Å². The second-order valence-electron chi connectivity index (χ2n) is 9.58. The van der Waals surface area contributed by atoms with Gasteiger partial charge in [-0.05, 0) is 37.5 Å². The molecule has 1 fully saturated rings. The molecular weight excluding hydrogens is 464 g/mol. The van der Waals surface area contributed by atoms with Gasteiger partial charge in [-0.15, -0.1) is 0 Å². The minimum Gasteiger partial charge on any atom is -0.493 e. The van der Waals surface area contributed by atoms with E-state index < -0.39 is 17.4 Å². The van der Waals surface area contributed by atoms with Crippen molar-refractivity contribution in [3.63, 3.8) is 0 Å². The van der Waals surface area contributed by atoms with Crippen LogP contribution in [0, 0.1) is 0 Å². The smallest absolute Gasteiger partial charge is 0.359 e. The van der Waals surface area contributed by atoms with E-state index in [-0.39, 0.29) is 36.4 Å². The molecule has 2 heterocycles. The van der Waals surface area contributed by atoms with Crippen LogP contribution in [-0.2, 0) is 22.6 Å². The standard InChI is InChI=1S/C26H34N4O6/c1-26(25(33)28-18-9-7-5-6-8-10-18)15-29-16-27-21(24(32)36-4)22(29)23(31)30(26)14-17-11-12-19(34-2)20(13-17)35-3/h11-13,16,18H,5-10,14-15H2,1-4H3,(H,28,33). The van der Waals surface area contributed by atoms with Gasteiger partial charge in [0.25, 0.3) is 5.91 Å². The molecule has 0 radical (unpaired) electrons. The summed E-state index contributed by atoms with van der Waals surface area (Å²) >= 11 is 0. The van der Waals surface area contributed by atoms with Crippen LogP contribution in [0.2, 0.25) is 0 Å². The third-order valence-electron chi connectivity index (χ3n) is 7.21. The van der Waals surface area contributed by atoms with Crippen LogP contribution >= 0.6 is 0 Å². The van der Waals surface area contributed by atoms with Gasteiger partial charge in [-0.1, -0.05) is 31.7 Å². The van der Waals surface area contributed by atoms with E-state index in [9.17, 15) is 14.4 Å². The first-order valence-corrected chi connectivity index (χ1v) is 12.3. The molecule has 0 bridgehead atoms. The first-order valence-electron chi connectivity index (χ1n) is 12.3. The van der Waals surface area contributed by atoms with Crippen molar-refractivity contribution in [2.24, 2.45) is 0 Å². The predicted molar refractivity (Wildman–Crippen MR) is 131 cm³/mol. The quantitative estimate of drug-likeness (QED) is 0.461. The molecule has 1 aliphatic heterocycles. The minimum atomic E-state index is -1.21. The van der Waals surface area contributed by atoms with Crippen LogP contribution in [0.1, 0.15) is 72.0 Å². The molecule has 0 saturated heterocycles. The summed E-state index contributed by atoms with van der Waals surface area (Å²) in [6.45, 7) is 2.04. The molecule has 0 spiro atoms. The SMILES string of the molecule is COC(=O)c1ncn2c1C(=O)N(Cc1ccc(OC)c(OC)c1)C(C)(C(=O)NC1CCCCCC1)C2. The van der Waals surface area contributed by atoms with Crippen molar-refractivity contribution in [1.82, 2.24) is 19.8 Å². The predicted octanol–water partition coefficient (Wildman–Crippen LogP) is 2.94. The summed E-state index contributed by atoms with van der Waals surface area (Å²) in [6.07, 6.45) is 7.76. The number of aromatic nitrogens is 2. The number of hydrogen-bond acceptors (Lipinski definition) is 7. The maximum absolute atomic E-state index is 13.9. The van der Waals surface area contributed by atoms with Crippen LogP contribution < -0.4 is 14.8 Å². The van der Waals surface area contributed by atoms with Crippen LogP contribution in [0.3, 0.4) is 0 Å². The number of fused-ring (bicyclic) bond motifs is 1. The fourth-order valence-corrected chi connectivity index (χ4v) is 5.11. The van der Waals surface area contributed by atoms with Gasteiger partial charge in [-0.25, -0.2) is 9.78 Å². The molecule has 1 saturated carbocycles. The van der Waals surface area contributed by atoms with E-state index in [1.165, 1.54) is 31.2 Å². The van der Waals surface area contributed by atoms with E-state index in [1.807, 2.05) is 6.07 Å². The van der Waals surface area contributed by atoms with E-state index in [1.54, 1.807) is 37.8 Å². The average molecular weight is 499 g/mol. The molecule has 2 aliphatic rings. The summed E-state index contributed by atoms with van der Waals surface area (Å²) in [4.78, 5) is 45.7. The lowest BCUT2D eigenvalue weighted by atomic mass is 9.92. The summed E-state index contributed by atoms with van der Waals surface area (Å²) in [7, 11) is 4.34. The van der Waals surface area contributed by atoms with Gasteiger partial charge in [-0.2, -0.15) is 0 Å². The number of hydrogen-bond donors (Lipinski definition) is 1. The number of carbonyl (C=O) groups excluding carboxylic acids is 3. The van der Waals surface area contributed by atoms with Gasteiger partial charge in [-0.3, -0.25) is 9.59 Å². The van der Waals surface area contributed by atoms with Crippen molar-refractivity contribution >= 4 is 17.8 Å². The molecule has 10 heteroatoms. The lowest BCUT2D eigenvalue weighted by Gasteiger charge is -2.44. The zero-order valence-electron chi connectivity index (χ0n) is 21.3. The molecular formula is C26H34N4O6. The first-order chi connectivity index (χ1) is 17.3. The van der Waals surface area contributed by atoms with Gasteiger partial charge in [0.05, 0.1) is 34.2 Å². The second-order valence-corrected chi connectivity index (χ2v) is 9.58. The molecule has 1 aromatic heterocycles. The Morgan fingerprint density at radius 2 is 1.78 bits per heavy atom. The highest BCUT2D eigenvalue weighted by Gasteiger charge is 2.49. The zero-order chi connectivity index (χ0) is 25.9. The molecule has 1 unspecified atom stereocenters. The third kappa shape index (κ3) is 4.76. The van der Waals surface area contributed by atoms with Crippen LogP contribution in [0.15, 0.2) is 24.5 Å². The molecule has 1 aromatic carbocycles. The van der Waals surface area contributed by atoms with Crippen LogP contribution in [0.25, 0.3) is 0 Å². The lowest BCUT2D eigenvalue weighted by molar-refractivity contribution is -0.134. The number of rotatable bonds is 7. The van der Waals surface area contributed by atoms with Crippen molar-refractivity contribution in [1.29, 1.82) is 0 Å². The van der Waals surface area contributed by atoms with Crippen molar-refractivity contribution in [2.75, 3.05) is 21.3 Å². The summed E-state index contributed by atoms with van der Waals surface area (Å²) in [5.41, 5.74) is -0.410. The van der Waals surface area contributed by atoms with Crippen molar-refractivity contribution in [3.8, 4) is 11.5 Å². The molecule has 1 N–H and O–H groups in total. The first kappa shape index (κ1) is 25.5. The monoisotopic (exact) mass is 498 g/mol. The fourth-order valence-electron chi connectivity index (χ4n) is 5.11. The van der Waals surface area contributed by atoms with Crippen molar-refractivity contribution in [3.05, 3.63) is 41.5 Å². The number of amides is 2. The minimum absolute atomic E-state index is 0.0639. The van der Waals surface area contributed by atoms with Crippen molar-refractivity contribution in [2.45, 2.75) is 70.1 Å². The van der Waals surface area contributed by atoms with Gasteiger partial charge in [0.15, 0.2) is 17.2 Å². The molecule has 4 rings (SSSR count). The van der Waals surface area contributed by atoms with Gasteiger partial charge in [0.1, 0.15) is 11.2 Å². The van der Waals surface area contributed by atoms with Crippen molar-refractivity contribution < 1.29 is 28.6 Å². The van der Waals surface area contributed by atoms with E-state index in [4.69, 9.17) is 14.2 Å². The molecule has 36 heavy (non-hydrogen) atoms. The molecule has 1 aliphatic carbocycles. The topological polar surface area (TPSA) is 112 Å². The van der Waals surface area contributed by atoms with E-state index >= 15 is 0 Å². The number of carbonyl (C=O) groups is 3. The van der Waals surface area contributed by atoms with Crippen LogP contribution in [0.5, 0.6) is 11.5 Å². The lowest BCUT2D eigenvalue weighted by Crippen LogP contribution is -2.64. The van der Waals surface area contributed by atoms with Gasteiger partial charge in [0.2, 0.25) is 5.91 Å². The molecule has 1 atom stereocenters. The number of methoxy groups -OCH3 is 3. The van der Waals surface area contributed by atoms with Gasteiger partial charge in [0, 0.05) is 12.6 Å². The van der Waals surface area contributed by atoms with E-state index in [2.05, 4.69) is 10.3 Å². The Balaban J connectivity index is 1.72. The summed E-state index contributed by atoms with van der Waals surface area (Å²) in [5, 5.41) is 3.21. The highest BCUT2D eigenvalue weighted by atomic mass is 16.5. The highest BCUT2D eigenvalue weighted by Crippen LogP contribution is 2.34.